The fraction of sp³-hybridized carbons (Fsp3) is 0.333. The zero-order valence-electron chi connectivity index (χ0n) is 29.7. The summed E-state index contributed by atoms with van der Waals surface area (Å²) in [4.78, 5) is 51.6. The first-order valence-electron chi connectivity index (χ1n) is 17.1. The Bertz CT molecular complexity index is 2070. The molecule has 0 fully saturated rings. The van der Waals surface area contributed by atoms with Gasteiger partial charge in [0.15, 0.2) is 0 Å². The molecule has 3 N–H and O–H groups in total. The van der Waals surface area contributed by atoms with Gasteiger partial charge in [0.2, 0.25) is 10.0 Å². The summed E-state index contributed by atoms with van der Waals surface area (Å²) in [5.74, 6) is -2.37. The fourth-order valence-electron chi connectivity index (χ4n) is 5.86. The number of nitrogens with zero attached hydrogens (tertiary/aromatic N) is 1. The highest BCUT2D eigenvalue weighted by Gasteiger charge is 2.28. The molecule has 3 aromatic carbocycles. The predicted octanol–water partition coefficient (Wildman–Crippen LogP) is 6.97. The van der Waals surface area contributed by atoms with Crippen LogP contribution in [0.3, 0.4) is 0 Å². The van der Waals surface area contributed by atoms with Crippen molar-refractivity contribution in [3.05, 3.63) is 111 Å². The third-order valence-corrected chi connectivity index (χ3v) is 11.7. The number of sulfonamides is 1. The molecule has 13 heteroatoms. The molecule has 52 heavy (non-hydrogen) atoms. The third kappa shape index (κ3) is 9.72. The summed E-state index contributed by atoms with van der Waals surface area (Å²) in [5, 5.41) is 15.4. The van der Waals surface area contributed by atoms with Crippen LogP contribution in [0.2, 0.25) is 0 Å². The number of benzene rings is 3. The summed E-state index contributed by atoms with van der Waals surface area (Å²) in [6, 6.07) is 20.0. The topological polar surface area (TPSA) is 159 Å². The van der Waals surface area contributed by atoms with Crippen LogP contribution in [0.5, 0.6) is 0 Å². The van der Waals surface area contributed by atoms with E-state index in [2.05, 4.69) is 10.6 Å². The molecule has 4 aromatic rings. The molecule has 0 bridgehead atoms. The van der Waals surface area contributed by atoms with Gasteiger partial charge in [-0.25, -0.2) is 17.5 Å². The molecule has 5 rings (SSSR count). The number of fused-ring (bicyclic) bond motifs is 1. The molecule has 2 amide bonds. The highest BCUT2D eigenvalue weighted by atomic mass is 32.2. The molecule has 0 spiro atoms. The van der Waals surface area contributed by atoms with Crippen LogP contribution < -0.4 is 10.6 Å². The van der Waals surface area contributed by atoms with Gasteiger partial charge in [0.25, 0.3) is 11.8 Å². The van der Waals surface area contributed by atoms with Gasteiger partial charge in [-0.15, -0.1) is 11.3 Å². The Kier molecular flexibility index (Phi) is 12.0. The molecule has 0 atom stereocenters. The van der Waals surface area contributed by atoms with Crippen molar-refractivity contribution in [3.8, 4) is 0 Å². The first-order valence-corrected chi connectivity index (χ1v) is 19.3. The summed E-state index contributed by atoms with van der Waals surface area (Å²) in [6.45, 7) is 5.11. The van der Waals surface area contributed by atoms with E-state index in [0.29, 0.717) is 22.7 Å². The number of nitrogens with one attached hydrogen (secondary N) is 2. The van der Waals surface area contributed by atoms with E-state index in [0.717, 1.165) is 58.0 Å². The van der Waals surface area contributed by atoms with Gasteiger partial charge in [-0.1, -0.05) is 30.3 Å². The first-order chi connectivity index (χ1) is 24.6. The van der Waals surface area contributed by atoms with Crippen LogP contribution in [-0.2, 0) is 45.2 Å². The fourth-order valence-corrected chi connectivity index (χ4v) is 8.36. The number of aryl methyl sites for hydroxylation is 3. The average Bonchev–Trinajstić information content (AvgIpc) is 3.47. The van der Waals surface area contributed by atoms with Crippen LogP contribution in [0.4, 0.5) is 10.7 Å². The molecule has 0 aliphatic heterocycles. The molecular weight excluding hydrogens is 703 g/mol. The number of esters is 1. The van der Waals surface area contributed by atoms with E-state index in [1.54, 1.807) is 32.9 Å². The van der Waals surface area contributed by atoms with Crippen LogP contribution in [0.1, 0.15) is 92.7 Å². The van der Waals surface area contributed by atoms with Crippen molar-refractivity contribution in [2.45, 2.75) is 76.2 Å². The van der Waals surface area contributed by atoms with Gasteiger partial charge in [0.1, 0.15) is 10.6 Å². The number of carbonyl (C=O) groups is 4. The Hall–Kier alpha value is -4.85. The summed E-state index contributed by atoms with van der Waals surface area (Å²) in [5.41, 5.74) is 3.67. The van der Waals surface area contributed by atoms with Crippen LogP contribution in [0, 0.1) is 0 Å². The zero-order chi connectivity index (χ0) is 37.6. The van der Waals surface area contributed by atoms with Gasteiger partial charge in [0.05, 0.1) is 22.4 Å². The SMILES string of the molecule is CN(CCC(=O)OC(C)(C)C)S(=O)(=O)c1cccc(C(=O)Nc2sc3c(c2C(=O)Nc2ccc(CCc4ccc(C(=O)O)cc4)cc2)CCCC3)c1. The lowest BCUT2D eigenvalue weighted by atomic mass is 9.95. The van der Waals surface area contributed by atoms with Gasteiger partial charge in [0, 0.05) is 29.7 Å². The molecule has 0 saturated heterocycles. The second-order valence-corrected chi connectivity index (χ2v) is 16.9. The van der Waals surface area contributed by atoms with E-state index < -0.39 is 33.5 Å². The number of anilines is 2. The molecular formula is C39H43N3O8S2. The highest BCUT2D eigenvalue weighted by Crippen LogP contribution is 2.39. The number of hydrogen-bond acceptors (Lipinski definition) is 8. The predicted molar refractivity (Wildman–Crippen MR) is 201 cm³/mol. The Labute approximate surface area is 308 Å². The van der Waals surface area contributed by atoms with Crippen LogP contribution >= 0.6 is 11.3 Å². The third-order valence-electron chi connectivity index (χ3n) is 8.60. The van der Waals surface area contributed by atoms with E-state index in [4.69, 9.17) is 9.84 Å². The minimum Gasteiger partial charge on any atom is -0.478 e. The Morgan fingerprint density at radius 1 is 0.846 bits per heavy atom. The summed E-state index contributed by atoms with van der Waals surface area (Å²) >= 11 is 1.37. The second kappa shape index (κ2) is 16.2. The molecule has 1 aromatic heterocycles. The highest BCUT2D eigenvalue weighted by molar-refractivity contribution is 7.89. The van der Waals surface area contributed by atoms with Gasteiger partial charge in [-0.2, -0.15) is 0 Å². The Morgan fingerprint density at radius 2 is 1.48 bits per heavy atom. The molecule has 274 valence electrons. The maximum atomic E-state index is 13.8. The lowest BCUT2D eigenvalue weighted by Crippen LogP contribution is -2.31. The van der Waals surface area contributed by atoms with E-state index in [1.165, 1.54) is 42.6 Å². The van der Waals surface area contributed by atoms with Crippen LogP contribution in [-0.4, -0.2) is 60.8 Å². The van der Waals surface area contributed by atoms with Gasteiger partial charge in [-0.05, 0) is 118 Å². The minimum atomic E-state index is -4.03. The number of thiophene rings is 1. The number of amides is 2. The largest absolute Gasteiger partial charge is 0.478 e. The number of hydrogen-bond donors (Lipinski definition) is 3. The van der Waals surface area contributed by atoms with Crippen molar-refractivity contribution in [2.24, 2.45) is 0 Å². The normalized spacial score (nSPS) is 12.9. The molecule has 1 aliphatic carbocycles. The van der Waals surface area contributed by atoms with Crippen molar-refractivity contribution in [1.29, 1.82) is 0 Å². The van der Waals surface area contributed by atoms with Crippen LogP contribution in [0.25, 0.3) is 0 Å². The van der Waals surface area contributed by atoms with Gasteiger partial charge in [-0.3, -0.25) is 14.4 Å². The standard InChI is InChI=1S/C39H43N3O8S2/c1-39(2,3)50-33(43)22-23-42(4)52(48,49)30-9-7-8-28(24-30)35(44)41-37-34(31-10-5-6-11-32(31)51-37)36(45)40-29-20-16-26(17-21-29)13-12-25-14-18-27(19-15-25)38(46)47/h7-9,14-21,24H,5-6,10-13,22-23H2,1-4H3,(H,40,45)(H,41,44)(H,46,47). The van der Waals surface area contributed by atoms with Crippen molar-refractivity contribution < 1.29 is 37.4 Å². The van der Waals surface area contributed by atoms with E-state index in [1.807, 2.05) is 36.4 Å². The Balaban J connectivity index is 1.26. The van der Waals surface area contributed by atoms with Crippen molar-refractivity contribution in [1.82, 2.24) is 4.31 Å². The monoisotopic (exact) mass is 745 g/mol. The number of ether oxygens (including phenoxy) is 1. The number of carboxylic acids is 1. The van der Waals surface area contributed by atoms with E-state index in [-0.39, 0.29) is 34.9 Å². The molecule has 0 unspecified atom stereocenters. The molecule has 0 saturated carbocycles. The molecule has 1 heterocycles. The van der Waals surface area contributed by atoms with E-state index >= 15 is 0 Å². The van der Waals surface area contributed by atoms with Crippen LogP contribution in [0.15, 0.2) is 77.7 Å². The summed E-state index contributed by atoms with van der Waals surface area (Å²) in [6.07, 6.45) is 4.75. The number of carbonyl (C=O) groups excluding carboxylic acids is 3. The first kappa shape index (κ1) is 38.4. The average molecular weight is 746 g/mol. The maximum absolute atomic E-state index is 13.8. The zero-order valence-corrected chi connectivity index (χ0v) is 31.3. The molecule has 11 nitrogen and oxygen atoms in total. The van der Waals surface area contributed by atoms with Gasteiger partial charge >= 0.3 is 11.9 Å². The lowest BCUT2D eigenvalue weighted by molar-refractivity contribution is -0.154. The molecule has 0 radical (unpaired) electrons. The van der Waals surface area contributed by atoms with Gasteiger partial charge < -0.3 is 20.5 Å². The minimum absolute atomic E-state index is 0.0970. The number of carboxylic acid groups (broad SMARTS) is 1. The lowest BCUT2D eigenvalue weighted by Gasteiger charge is -2.21. The number of rotatable bonds is 13. The van der Waals surface area contributed by atoms with E-state index in [9.17, 15) is 27.6 Å². The summed E-state index contributed by atoms with van der Waals surface area (Å²) in [7, 11) is -2.66. The Morgan fingerprint density at radius 3 is 2.12 bits per heavy atom. The van der Waals surface area contributed by atoms with Crippen molar-refractivity contribution in [2.75, 3.05) is 24.2 Å². The van der Waals surface area contributed by atoms with Crippen molar-refractivity contribution >= 4 is 55.8 Å². The number of aromatic carboxylic acids is 1. The quantitative estimate of drug-likeness (QED) is 0.124. The molecule has 1 aliphatic rings. The smallest absolute Gasteiger partial charge is 0.335 e. The second-order valence-electron chi connectivity index (χ2n) is 13.7. The van der Waals surface area contributed by atoms with Crippen molar-refractivity contribution in [3.63, 3.8) is 0 Å². The summed E-state index contributed by atoms with van der Waals surface area (Å²) < 4.78 is 33.0. The maximum Gasteiger partial charge on any atom is 0.335 e.